The Morgan fingerprint density at radius 3 is 2.62 bits per heavy atom. The molecule has 1 atom stereocenters. The van der Waals surface area contributed by atoms with Gasteiger partial charge < -0.3 is 15.3 Å². The molecule has 2 N–H and O–H groups in total. The lowest BCUT2D eigenvalue weighted by atomic mass is 10.0. The molecule has 0 saturated heterocycles. The maximum Gasteiger partial charge on any atom is 0.258 e. The predicted molar refractivity (Wildman–Crippen MR) is 128 cm³/mol. The summed E-state index contributed by atoms with van der Waals surface area (Å²) in [5, 5.41) is 8.37. The number of nitrogens with one attached hydrogen (secondary N) is 1. The maximum absolute atomic E-state index is 13.5. The summed E-state index contributed by atoms with van der Waals surface area (Å²) < 4.78 is 7.44. The van der Waals surface area contributed by atoms with Crippen molar-refractivity contribution in [2.24, 2.45) is 0 Å². The van der Waals surface area contributed by atoms with Crippen LogP contribution in [0.1, 0.15) is 56.4 Å². The van der Waals surface area contributed by atoms with Crippen LogP contribution in [0.25, 0.3) is 0 Å². The maximum atomic E-state index is 13.5. The fourth-order valence-corrected chi connectivity index (χ4v) is 4.28. The molecule has 2 amide bonds. The highest BCUT2D eigenvalue weighted by Crippen LogP contribution is 2.36. The van der Waals surface area contributed by atoms with E-state index in [9.17, 15) is 9.59 Å². The molecule has 0 radical (unpaired) electrons. The van der Waals surface area contributed by atoms with Crippen molar-refractivity contribution < 1.29 is 14.7 Å². The summed E-state index contributed by atoms with van der Waals surface area (Å²) in [6.07, 6.45) is 0.894. The van der Waals surface area contributed by atoms with Crippen molar-refractivity contribution in [3.8, 4) is 0 Å². The number of anilines is 2. The van der Waals surface area contributed by atoms with E-state index in [0.29, 0.717) is 46.9 Å². The van der Waals surface area contributed by atoms with Gasteiger partial charge in [0.2, 0.25) is 1.43 Å². The Hall–Kier alpha value is -3.15. The van der Waals surface area contributed by atoms with Crippen molar-refractivity contribution in [2.45, 2.75) is 32.8 Å². The van der Waals surface area contributed by atoms with Gasteiger partial charge in [-0.05, 0) is 80.3 Å². The van der Waals surface area contributed by atoms with Gasteiger partial charge >= 0.3 is 0 Å². The van der Waals surface area contributed by atoms with E-state index in [0.717, 1.165) is 16.7 Å². The molecule has 0 saturated carbocycles. The van der Waals surface area contributed by atoms with Gasteiger partial charge in [-0.3, -0.25) is 9.59 Å². The third kappa shape index (κ3) is 4.40. The van der Waals surface area contributed by atoms with E-state index >= 15 is 0 Å². The largest absolute Gasteiger partial charge is 0.388 e. The SMILES string of the molecule is [3H]OC1CCCN(C(=O)c2ccc(NC(=O)c3ccccc3C)cc2C)c2ccc(Cl)cc21. The van der Waals surface area contributed by atoms with Crippen LogP contribution in [0.3, 0.4) is 0 Å². The van der Waals surface area contributed by atoms with Crippen molar-refractivity contribution >= 4 is 34.8 Å². The highest BCUT2D eigenvalue weighted by molar-refractivity contribution is 6.30. The van der Waals surface area contributed by atoms with E-state index in [4.69, 9.17) is 18.1 Å². The number of nitrogens with zero attached hydrogens (tertiary/aromatic N) is 1. The monoisotopic (exact) mass is 450 g/mol. The first-order chi connectivity index (χ1) is 15.9. The van der Waals surface area contributed by atoms with Crippen LogP contribution in [0.5, 0.6) is 0 Å². The average Bonchev–Trinajstić information content (AvgIpc) is 2.98. The molecule has 164 valence electrons. The molecule has 0 aliphatic carbocycles. The molecular weight excluding hydrogens is 424 g/mol. The Balaban J connectivity index is 1.60. The minimum absolute atomic E-state index is 0.140. The summed E-state index contributed by atoms with van der Waals surface area (Å²) in [5.41, 5.74) is 4.89. The van der Waals surface area contributed by atoms with Crippen molar-refractivity contribution in [3.63, 3.8) is 0 Å². The molecule has 0 aromatic heterocycles. The fraction of sp³-hybridized carbons (Fsp3) is 0.231. The standard InChI is InChI=1S/C26H25ClN2O3/c1-16-6-3-4-7-20(16)25(31)28-19-10-11-21(17(2)14-19)26(32)29-13-5-8-24(30)22-15-18(27)9-12-23(22)29/h3-4,6-7,9-12,14-15,24,30H,5,8,13H2,1-2H3,(H,28,31)/i30T. The zero-order chi connectivity index (χ0) is 23.5. The minimum atomic E-state index is -0.434. The van der Waals surface area contributed by atoms with E-state index in [-0.39, 0.29) is 11.8 Å². The summed E-state index contributed by atoms with van der Waals surface area (Å²) in [7, 11) is 0. The topological polar surface area (TPSA) is 69.6 Å². The normalized spacial score (nSPS) is 16.0. The molecule has 1 heterocycles. The van der Waals surface area contributed by atoms with Crippen LogP contribution in [-0.2, 0) is 0 Å². The first-order valence-electron chi connectivity index (χ1n) is 11.0. The summed E-state index contributed by atoms with van der Waals surface area (Å²) in [4.78, 5) is 27.9. The van der Waals surface area contributed by atoms with Gasteiger partial charge in [-0.2, -0.15) is 0 Å². The molecule has 0 fully saturated rings. The zero-order valence-electron chi connectivity index (χ0n) is 19.0. The summed E-state index contributed by atoms with van der Waals surface area (Å²) in [6.45, 7) is 4.26. The number of carbonyl (C=O) groups excluding carboxylic acids is 2. The molecule has 3 aromatic carbocycles. The molecule has 4 rings (SSSR count). The molecule has 1 aliphatic rings. The van der Waals surface area contributed by atoms with Crippen molar-refractivity contribution in [2.75, 3.05) is 16.8 Å². The highest BCUT2D eigenvalue weighted by Gasteiger charge is 2.27. The molecular formula is C26H25ClN2O3. The van der Waals surface area contributed by atoms with Crippen LogP contribution in [0.4, 0.5) is 11.4 Å². The summed E-state index contributed by atoms with van der Waals surface area (Å²) >= 11 is 6.18. The second-order valence-corrected chi connectivity index (χ2v) is 8.53. The second kappa shape index (κ2) is 9.15. The number of aliphatic hydroxyl groups excluding tert-OH is 1. The van der Waals surface area contributed by atoms with Gasteiger partial charge in [0, 0.05) is 39.6 Å². The quantitative estimate of drug-likeness (QED) is 0.537. The highest BCUT2D eigenvalue weighted by atomic mass is 35.5. The Morgan fingerprint density at radius 1 is 1.06 bits per heavy atom. The van der Waals surface area contributed by atoms with Crippen LogP contribution >= 0.6 is 11.6 Å². The van der Waals surface area contributed by atoms with E-state index < -0.39 is 6.10 Å². The molecule has 32 heavy (non-hydrogen) atoms. The number of carbonyl (C=O) groups is 2. The van der Waals surface area contributed by atoms with Crippen LogP contribution in [0.15, 0.2) is 60.7 Å². The van der Waals surface area contributed by atoms with Gasteiger partial charge in [-0.15, -0.1) is 0 Å². The third-order valence-electron chi connectivity index (χ3n) is 5.82. The fourth-order valence-electron chi connectivity index (χ4n) is 4.10. The number of benzene rings is 3. The Morgan fingerprint density at radius 2 is 1.88 bits per heavy atom. The number of aryl methyl sites for hydroxylation is 2. The molecule has 6 heteroatoms. The van der Waals surface area contributed by atoms with Crippen molar-refractivity contribution in [3.05, 3.63) is 93.5 Å². The lowest BCUT2D eigenvalue weighted by molar-refractivity contribution is 0.0985. The smallest absolute Gasteiger partial charge is 0.258 e. The number of amides is 2. The van der Waals surface area contributed by atoms with Crippen LogP contribution < -0.4 is 10.2 Å². The number of rotatable bonds is 4. The Labute approximate surface area is 194 Å². The van der Waals surface area contributed by atoms with E-state index in [1.54, 1.807) is 47.4 Å². The van der Waals surface area contributed by atoms with Crippen molar-refractivity contribution in [1.82, 2.24) is 0 Å². The Bertz CT molecular complexity index is 1210. The molecule has 1 aliphatic heterocycles. The average molecular weight is 451 g/mol. The van der Waals surface area contributed by atoms with Crippen LogP contribution in [0, 0.1) is 13.8 Å². The molecule has 0 bridgehead atoms. The zero-order valence-corrected chi connectivity index (χ0v) is 18.8. The number of hydrogen-bond acceptors (Lipinski definition) is 3. The minimum Gasteiger partial charge on any atom is -0.388 e. The lowest BCUT2D eigenvalue weighted by Crippen LogP contribution is -2.32. The van der Waals surface area contributed by atoms with Crippen LogP contribution in [-0.4, -0.2) is 24.9 Å². The number of hydrogen-bond donors (Lipinski definition) is 2. The number of aliphatic hydroxyl groups is 1. The number of halogens is 1. The van der Waals surface area contributed by atoms with Gasteiger partial charge in [-0.25, -0.2) is 0 Å². The molecule has 0 spiro atoms. The summed E-state index contributed by atoms with van der Waals surface area (Å²) in [5.74, 6) is -0.329. The van der Waals surface area contributed by atoms with E-state index in [1.807, 2.05) is 32.0 Å². The van der Waals surface area contributed by atoms with Gasteiger partial charge in [0.25, 0.3) is 11.8 Å². The third-order valence-corrected chi connectivity index (χ3v) is 6.06. The van der Waals surface area contributed by atoms with E-state index in [1.165, 1.54) is 0 Å². The molecule has 3 aromatic rings. The van der Waals surface area contributed by atoms with Crippen molar-refractivity contribution in [1.29, 1.82) is 1.43 Å². The molecule has 5 nitrogen and oxygen atoms in total. The lowest BCUT2D eigenvalue weighted by Gasteiger charge is -2.24. The summed E-state index contributed by atoms with van der Waals surface area (Å²) in [6, 6.07) is 18.0. The van der Waals surface area contributed by atoms with Gasteiger partial charge in [0.05, 0.1) is 6.10 Å². The van der Waals surface area contributed by atoms with Gasteiger partial charge in [0.15, 0.2) is 0 Å². The van der Waals surface area contributed by atoms with Gasteiger partial charge in [0.1, 0.15) is 0 Å². The van der Waals surface area contributed by atoms with E-state index in [2.05, 4.69) is 5.32 Å². The second-order valence-electron chi connectivity index (χ2n) is 8.09. The molecule has 1 unspecified atom stereocenters. The Kier molecular flexibility index (Phi) is 5.93. The first kappa shape index (κ1) is 20.7. The van der Waals surface area contributed by atoms with Crippen LogP contribution in [0.2, 0.25) is 5.02 Å². The predicted octanol–water partition coefficient (Wildman–Crippen LogP) is 5.68. The first-order valence-corrected chi connectivity index (χ1v) is 11.0. The number of fused-ring (bicyclic) bond motifs is 1. The van der Waals surface area contributed by atoms with Gasteiger partial charge in [-0.1, -0.05) is 29.8 Å².